The maximum Gasteiger partial charge on any atom is 0.312 e. The number of carboxylic acid groups (broad SMARTS) is 1. The van der Waals surface area contributed by atoms with Crippen LogP contribution in [0.25, 0.3) is 0 Å². The highest BCUT2D eigenvalue weighted by Gasteiger charge is 2.25. The van der Waals surface area contributed by atoms with Crippen molar-refractivity contribution in [3.8, 4) is 0 Å². The van der Waals surface area contributed by atoms with Gasteiger partial charge in [-0.25, -0.2) is 0 Å². The molecule has 0 spiro atoms. The predicted molar refractivity (Wildman–Crippen MR) is 68.7 cm³/mol. The average molecular weight is 249 g/mol. The van der Waals surface area contributed by atoms with Crippen molar-refractivity contribution in [2.24, 2.45) is 5.73 Å². The third kappa shape index (κ3) is 2.71. The Morgan fingerprint density at radius 1 is 1.39 bits per heavy atom. The van der Waals surface area contributed by atoms with Crippen LogP contribution in [0.4, 0.5) is 0 Å². The van der Waals surface area contributed by atoms with Crippen molar-refractivity contribution in [3.63, 3.8) is 0 Å². The number of hydrogen-bond acceptors (Lipinski definition) is 3. The monoisotopic (exact) mass is 249 g/mol. The van der Waals surface area contributed by atoms with E-state index in [4.69, 9.17) is 10.5 Å². The fourth-order valence-electron chi connectivity index (χ4n) is 2.57. The van der Waals surface area contributed by atoms with Crippen LogP contribution in [0.1, 0.15) is 35.8 Å². The highest BCUT2D eigenvalue weighted by molar-refractivity contribution is 5.77. The molecule has 1 aliphatic heterocycles. The number of ether oxygens (including phenoxy) is 1. The Morgan fingerprint density at radius 2 is 2.06 bits per heavy atom. The summed E-state index contributed by atoms with van der Waals surface area (Å²) >= 11 is 0. The number of nitrogens with two attached hydrogens (primary N) is 1. The first-order chi connectivity index (χ1) is 8.74. The fourth-order valence-corrected chi connectivity index (χ4v) is 2.57. The van der Waals surface area contributed by atoms with Crippen LogP contribution >= 0.6 is 0 Å². The standard InChI is InChI=1S/C14H19NO3/c15-9-13(14(16)17)12-4-2-1-3-11(12)10-5-7-18-8-6-10/h1-4,10,13H,5-9,15H2,(H,16,17). The van der Waals surface area contributed by atoms with Gasteiger partial charge in [-0.1, -0.05) is 24.3 Å². The zero-order valence-electron chi connectivity index (χ0n) is 10.3. The topological polar surface area (TPSA) is 72.6 Å². The SMILES string of the molecule is NCC(C(=O)O)c1ccccc1C1CCOCC1. The molecule has 4 nitrogen and oxygen atoms in total. The van der Waals surface area contributed by atoms with E-state index >= 15 is 0 Å². The zero-order chi connectivity index (χ0) is 13.0. The molecule has 1 saturated heterocycles. The number of hydrogen-bond donors (Lipinski definition) is 2. The molecule has 4 heteroatoms. The van der Waals surface area contributed by atoms with E-state index in [1.54, 1.807) is 0 Å². The van der Waals surface area contributed by atoms with Crippen LogP contribution in [-0.4, -0.2) is 30.8 Å². The summed E-state index contributed by atoms with van der Waals surface area (Å²) in [6.07, 6.45) is 1.90. The van der Waals surface area contributed by atoms with Crippen molar-refractivity contribution >= 4 is 5.97 Å². The van der Waals surface area contributed by atoms with Crippen LogP contribution in [0.15, 0.2) is 24.3 Å². The van der Waals surface area contributed by atoms with Crippen molar-refractivity contribution in [2.75, 3.05) is 19.8 Å². The fraction of sp³-hybridized carbons (Fsp3) is 0.500. The van der Waals surface area contributed by atoms with E-state index in [1.165, 1.54) is 0 Å². The minimum atomic E-state index is -0.850. The van der Waals surface area contributed by atoms with Crippen LogP contribution in [0.5, 0.6) is 0 Å². The molecule has 0 radical (unpaired) electrons. The Labute approximate surface area is 107 Å². The van der Waals surface area contributed by atoms with Crippen LogP contribution in [0.2, 0.25) is 0 Å². The van der Waals surface area contributed by atoms with Crippen LogP contribution in [0, 0.1) is 0 Å². The van der Waals surface area contributed by atoms with E-state index in [0.717, 1.165) is 37.2 Å². The molecule has 1 aromatic carbocycles. The lowest BCUT2D eigenvalue weighted by Crippen LogP contribution is -2.24. The second-order valence-corrected chi connectivity index (χ2v) is 4.64. The molecule has 1 atom stereocenters. The van der Waals surface area contributed by atoms with E-state index in [0.29, 0.717) is 5.92 Å². The third-order valence-electron chi connectivity index (χ3n) is 3.57. The Hall–Kier alpha value is -1.39. The van der Waals surface area contributed by atoms with Gasteiger partial charge in [0.15, 0.2) is 0 Å². The van der Waals surface area contributed by atoms with Gasteiger partial charge in [0.05, 0.1) is 5.92 Å². The molecule has 0 aromatic heterocycles. The Bertz CT molecular complexity index is 413. The van der Waals surface area contributed by atoms with Crippen molar-refractivity contribution in [1.29, 1.82) is 0 Å². The Balaban J connectivity index is 2.31. The largest absolute Gasteiger partial charge is 0.481 e. The number of carboxylic acids is 1. The molecule has 0 bridgehead atoms. The van der Waals surface area contributed by atoms with E-state index in [-0.39, 0.29) is 6.54 Å². The van der Waals surface area contributed by atoms with Crippen molar-refractivity contribution < 1.29 is 14.6 Å². The summed E-state index contributed by atoms with van der Waals surface area (Å²) in [4.78, 5) is 11.3. The maximum absolute atomic E-state index is 11.3. The summed E-state index contributed by atoms with van der Waals surface area (Å²) in [6, 6.07) is 7.75. The summed E-state index contributed by atoms with van der Waals surface area (Å²) in [7, 11) is 0. The van der Waals surface area contributed by atoms with Crippen LogP contribution < -0.4 is 5.73 Å². The third-order valence-corrected chi connectivity index (χ3v) is 3.57. The molecular formula is C14H19NO3. The van der Waals surface area contributed by atoms with Gasteiger partial charge in [-0.15, -0.1) is 0 Å². The first-order valence-corrected chi connectivity index (χ1v) is 6.33. The van der Waals surface area contributed by atoms with Gasteiger partial charge < -0.3 is 15.6 Å². The van der Waals surface area contributed by atoms with Gasteiger partial charge in [-0.05, 0) is 29.9 Å². The molecule has 1 aromatic rings. The highest BCUT2D eigenvalue weighted by Crippen LogP contribution is 2.32. The van der Waals surface area contributed by atoms with Crippen LogP contribution in [-0.2, 0) is 9.53 Å². The number of carbonyl (C=O) groups is 1. The summed E-state index contributed by atoms with van der Waals surface area (Å²) in [5.74, 6) is -1.07. The molecule has 3 N–H and O–H groups in total. The van der Waals surface area contributed by atoms with Gasteiger partial charge in [-0.3, -0.25) is 4.79 Å². The van der Waals surface area contributed by atoms with E-state index in [9.17, 15) is 9.90 Å². The molecule has 98 valence electrons. The lowest BCUT2D eigenvalue weighted by Gasteiger charge is -2.26. The van der Waals surface area contributed by atoms with Gasteiger partial charge in [-0.2, -0.15) is 0 Å². The molecule has 1 heterocycles. The summed E-state index contributed by atoms with van der Waals surface area (Å²) in [5.41, 5.74) is 7.58. The Kier molecular flexibility index (Phi) is 4.33. The quantitative estimate of drug-likeness (QED) is 0.852. The van der Waals surface area contributed by atoms with E-state index < -0.39 is 11.9 Å². The summed E-state index contributed by atoms with van der Waals surface area (Å²) in [6.45, 7) is 1.63. The molecule has 1 fully saturated rings. The number of benzene rings is 1. The van der Waals surface area contributed by atoms with Gasteiger partial charge in [0, 0.05) is 19.8 Å². The van der Waals surface area contributed by atoms with Gasteiger partial charge in [0.2, 0.25) is 0 Å². The second kappa shape index (κ2) is 5.98. The molecule has 2 rings (SSSR count). The van der Waals surface area contributed by atoms with Gasteiger partial charge in [0.1, 0.15) is 0 Å². The molecule has 0 aliphatic carbocycles. The molecule has 0 saturated carbocycles. The number of rotatable bonds is 4. The van der Waals surface area contributed by atoms with Crippen molar-refractivity contribution in [1.82, 2.24) is 0 Å². The average Bonchev–Trinajstić information content (AvgIpc) is 2.41. The smallest absolute Gasteiger partial charge is 0.312 e. The van der Waals surface area contributed by atoms with E-state index in [1.807, 2.05) is 24.3 Å². The lowest BCUT2D eigenvalue weighted by molar-refractivity contribution is -0.138. The Morgan fingerprint density at radius 3 is 2.67 bits per heavy atom. The molecule has 0 amide bonds. The first kappa shape index (κ1) is 13.1. The molecule has 18 heavy (non-hydrogen) atoms. The minimum absolute atomic E-state index is 0.134. The van der Waals surface area contributed by atoms with E-state index in [2.05, 4.69) is 0 Å². The normalized spacial score (nSPS) is 18.5. The lowest BCUT2D eigenvalue weighted by atomic mass is 9.84. The van der Waals surface area contributed by atoms with Crippen LogP contribution in [0.3, 0.4) is 0 Å². The van der Waals surface area contributed by atoms with Crippen molar-refractivity contribution in [2.45, 2.75) is 24.7 Å². The van der Waals surface area contributed by atoms with Gasteiger partial charge >= 0.3 is 5.97 Å². The molecule has 1 unspecified atom stereocenters. The number of aliphatic carboxylic acids is 1. The maximum atomic E-state index is 11.3. The van der Waals surface area contributed by atoms with Crippen molar-refractivity contribution in [3.05, 3.63) is 35.4 Å². The molecular weight excluding hydrogens is 230 g/mol. The predicted octanol–water partition coefficient (Wildman–Crippen LogP) is 1.71. The van der Waals surface area contributed by atoms with Gasteiger partial charge in [0.25, 0.3) is 0 Å². The first-order valence-electron chi connectivity index (χ1n) is 6.33. The highest BCUT2D eigenvalue weighted by atomic mass is 16.5. The summed E-state index contributed by atoms with van der Waals surface area (Å²) in [5, 5.41) is 9.24. The molecule has 1 aliphatic rings. The minimum Gasteiger partial charge on any atom is -0.481 e. The summed E-state index contributed by atoms with van der Waals surface area (Å²) < 4.78 is 5.35. The second-order valence-electron chi connectivity index (χ2n) is 4.64. The zero-order valence-corrected chi connectivity index (χ0v) is 10.3.